The third-order valence-electron chi connectivity index (χ3n) is 7.62. The van der Waals surface area contributed by atoms with Crippen LogP contribution in [0.1, 0.15) is 96.5 Å². The van der Waals surface area contributed by atoms with E-state index in [0.29, 0.717) is 5.92 Å². The van der Waals surface area contributed by atoms with Gasteiger partial charge in [-0.05, 0) is 92.4 Å². The summed E-state index contributed by atoms with van der Waals surface area (Å²) >= 11 is 0. The van der Waals surface area contributed by atoms with E-state index in [1.165, 1.54) is 89.2 Å². The van der Waals surface area contributed by atoms with Gasteiger partial charge in [0.1, 0.15) is 5.75 Å². The lowest BCUT2D eigenvalue weighted by Crippen LogP contribution is -2.25. The SMILES string of the molecule is CCCCCC1CCC(C2CCC(C=C(C)c3ccc(OC(F)(F)F)cc3)CC2)CC1. The van der Waals surface area contributed by atoms with Gasteiger partial charge < -0.3 is 4.74 Å². The van der Waals surface area contributed by atoms with Crippen molar-refractivity contribution in [2.75, 3.05) is 0 Å². The van der Waals surface area contributed by atoms with Gasteiger partial charge in [-0.15, -0.1) is 13.2 Å². The van der Waals surface area contributed by atoms with Crippen LogP contribution in [0.3, 0.4) is 0 Å². The van der Waals surface area contributed by atoms with Crippen LogP contribution in [0.2, 0.25) is 0 Å². The summed E-state index contributed by atoms with van der Waals surface area (Å²) in [6.07, 6.45) is 14.2. The van der Waals surface area contributed by atoms with Crippen LogP contribution in [0.5, 0.6) is 5.75 Å². The molecular weight excluding hydrogens is 397 g/mol. The number of halogens is 3. The molecule has 0 aromatic heterocycles. The van der Waals surface area contributed by atoms with E-state index in [0.717, 1.165) is 28.9 Å². The van der Waals surface area contributed by atoms with Crippen LogP contribution in [0.25, 0.3) is 5.57 Å². The number of hydrogen-bond donors (Lipinski definition) is 0. The van der Waals surface area contributed by atoms with Crippen molar-refractivity contribution in [1.29, 1.82) is 0 Å². The summed E-state index contributed by atoms with van der Waals surface area (Å²) in [6, 6.07) is 6.24. The minimum atomic E-state index is -4.64. The number of unbranched alkanes of at least 4 members (excludes halogenated alkanes) is 2. The highest BCUT2D eigenvalue weighted by atomic mass is 19.4. The Morgan fingerprint density at radius 3 is 2.03 bits per heavy atom. The summed E-state index contributed by atoms with van der Waals surface area (Å²) in [5.74, 6) is 3.25. The second-order valence-electron chi connectivity index (χ2n) is 9.87. The molecule has 0 unspecified atom stereocenters. The Balaban J connectivity index is 1.43. The Hall–Kier alpha value is -1.45. The highest BCUT2D eigenvalue weighted by molar-refractivity contribution is 5.64. The first kappa shape index (κ1) is 24.2. The van der Waals surface area contributed by atoms with Gasteiger partial charge in [-0.2, -0.15) is 0 Å². The minimum Gasteiger partial charge on any atom is -0.406 e. The van der Waals surface area contributed by atoms with Crippen LogP contribution in [-0.2, 0) is 0 Å². The first-order valence-corrected chi connectivity index (χ1v) is 12.4. The molecule has 31 heavy (non-hydrogen) atoms. The van der Waals surface area contributed by atoms with Crippen molar-refractivity contribution in [3.05, 3.63) is 35.9 Å². The molecule has 0 bridgehead atoms. The van der Waals surface area contributed by atoms with Gasteiger partial charge in [0.2, 0.25) is 0 Å². The molecule has 2 aliphatic rings. The number of allylic oxidation sites excluding steroid dienone is 2. The van der Waals surface area contributed by atoms with Gasteiger partial charge >= 0.3 is 6.36 Å². The zero-order valence-electron chi connectivity index (χ0n) is 19.2. The summed E-state index contributed by atoms with van der Waals surface area (Å²) in [7, 11) is 0. The largest absolute Gasteiger partial charge is 0.573 e. The van der Waals surface area contributed by atoms with Gasteiger partial charge in [-0.1, -0.05) is 63.7 Å². The lowest BCUT2D eigenvalue weighted by atomic mass is 9.68. The van der Waals surface area contributed by atoms with E-state index in [2.05, 4.69) is 24.7 Å². The Morgan fingerprint density at radius 2 is 1.48 bits per heavy atom. The van der Waals surface area contributed by atoms with Gasteiger partial charge in [0, 0.05) is 0 Å². The van der Waals surface area contributed by atoms with Gasteiger partial charge in [0.15, 0.2) is 0 Å². The summed E-state index contributed by atoms with van der Waals surface area (Å²) in [4.78, 5) is 0. The molecular formula is C27H39F3O. The maximum atomic E-state index is 12.3. The molecule has 0 saturated heterocycles. The summed E-state index contributed by atoms with van der Waals surface area (Å²) < 4.78 is 40.9. The van der Waals surface area contributed by atoms with Gasteiger partial charge in [-0.25, -0.2) is 0 Å². The molecule has 0 radical (unpaired) electrons. The van der Waals surface area contributed by atoms with Gasteiger partial charge in [0.25, 0.3) is 0 Å². The molecule has 1 aromatic carbocycles. The molecule has 174 valence electrons. The fourth-order valence-corrected chi connectivity index (χ4v) is 5.78. The normalized spacial score (nSPS) is 27.8. The third kappa shape index (κ3) is 7.88. The zero-order chi connectivity index (χ0) is 22.3. The molecule has 2 saturated carbocycles. The van der Waals surface area contributed by atoms with Crippen LogP contribution in [-0.4, -0.2) is 6.36 Å². The maximum Gasteiger partial charge on any atom is 0.573 e. The molecule has 2 aliphatic carbocycles. The molecule has 1 nitrogen and oxygen atoms in total. The highest BCUT2D eigenvalue weighted by Gasteiger charge is 2.31. The van der Waals surface area contributed by atoms with Crippen molar-refractivity contribution < 1.29 is 17.9 Å². The summed E-state index contributed by atoms with van der Waals surface area (Å²) in [5.41, 5.74) is 2.12. The van der Waals surface area contributed by atoms with E-state index in [9.17, 15) is 13.2 Å². The Labute approximate surface area is 186 Å². The predicted molar refractivity (Wildman–Crippen MR) is 122 cm³/mol. The van der Waals surface area contributed by atoms with Crippen molar-refractivity contribution in [1.82, 2.24) is 0 Å². The van der Waals surface area contributed by atoms with Crippen LogP contribution in [0, 0.1) is 23.7 Å². The molecule has 0 aliphatic heterocycles. The average Bonchev–Trinajstić information content (AvgIpc) is 2.74. The quantitative estimate of drug-likeness (QED) is 0.369. The monoisotopic (exact) mass is 436 g/mol. The molecule has 0 N–H and O–H groups in total. The van der Waals surface area contributed by atoms with Crippen LogP contribution in [0.15, 0.2) is 30.3 Å². The highest BCUT2D eigenvalue weighted by Crippen LogP contribution is 2.43. The number of benzene rings is 1. The number of alkyl halides is 3. The Bertz CT molecular complexity index is 675. The Morgan fingerprint density at radius 1 is 0.903 bits per heavy atom. The lowest BCUT2D eigenvalue weighted by molar-refractivity contribution is -0.274. The van der Waals surface area contributed by atoms with Crippen LogP contribution < -0.4 is 4.74 Å². The van der Waals surface area contributed by atoms with Crippen molar-refractivity contribution >= 4 is 5.57 Å². The average molecular weight is 437 g/mol. The van der Waals surface area contributed by atoms with Crippen molar-refractivity contribution in [3.63, 3.8) is 0 Å². The van der Waals surface area contributed by atoms with Crippen molar-refractivity contribution in [2.24, 2.45) is 23.7 Å². The topological polar surface area (TPSA) is 9.23 Å². The van der Waals surface area contributed by atoms with Crippen LogP contribution in [0.4, 0.5) is 13.2 Å². The van der Waals surface area contributed by atoms with E-state index < -0.39 is 6.36 Å². The van der Waals surface area contributed by atoms with E-state index in [1.807, 2.05) is 0 Å². The number of rotatable bonds is 8. The molecule has 0 atom stereocenters. The predicted octanol–water partition coefficient (Wildman–Crippen LogP) is 9.18. The first-order chi connectivity index (χ1) is 14.8. The first-order valence-electron chi connectivity index (χ1n) is 12.4. The van der Waals surface area contributed by atoms with E-state index in [-0.39, 0.29) is 5.75 Å². The maximum absolute atomic E-state index is 12.3. The van der Waals surface area contributed by atoms with Crippen molar-refractivity contribution in [2.45, 2.75) is 97.3 Å². The van der Waals surface area contributed by atoms with Crippen LogP contribution >= 0.6 is 0 Å². The number of hydrogen-bond acceptors (Lipinski definition) is 1. The fourth-order valence-electron chi connectivity index (χ4n) is 5.78. The summed E-state index contributed by atoms with van der Waals surface area (Å²) in [5, 5.41) is 0. The third-order valence-corrected chi connectivity index (χ3v) is 7.62. The van der Waals surface area contributed by atoms with Gasteiger partial charge in [-0.3, -0.25) is 0 Å². The van der Waals surface area contributed by atoms with E-state index in [4.69, 9.17) is 0 Å². The Kier molecular flexibility index (Phi) is 8.92. The van der Waals surface area contributed by atoms with Crippen molar-refractivity contribution in [3.8, 4) is 5.75 Å². The molecule has 2 fully saturated rings. The van der Waals surface area contributed by atoms with E-state index >= 15 is 0 Å². The fraction of sp³-hybridized carbons (Fsp3) is 0.704. The zero-order valence-corrected chi connectivity index (χ0v) is 19.2. The molecule has 4 heteroatoms. The molecule has 0 heterocycles. The second-order valence-corrected chi connectivity index (χ2v) is 9.87. The molecule has 0 amide bonds. The van der Waals surface area contributed by atoms with E-state index in [1.54, 1.807) is 12.1 Å². The summed E-state index contributed by atoms with van der Waals surface area (Å²) in [6.45, 7) is 4.35. The molecule has 0 spiro atoms. The van der Waals surface area contributed by atoms with Gasteiger partial charge in [0.05, 0.1) is 0 Å². The minimum absolute atomic E-state index is 0.162. The standard InChI is InChI=1S/C27H39F3O/c1-3-4-5-6-21-7-11-24(12-8-21)25-13-9-22(10-14-25)19-20(2)23-15-17-26(18-16-23)31-27(28,29)30/h15-19,21-22,24-25H,3-14H2,1-2H3. The molecule has 3 rings (SSSR count). The molecule has 1 aromatic rings. The lowest BCUT2D eigenvalue weighted by Gasteiger charge is -2.37. The second kappa shape index (κ2) is 11.4. The number of ether oxygens (including phenoxy) is 1. The smallest absolute Gasteiger partial charge is 0.406 e.